The van der Waals surface area contributed by atoms with Crippen LogP contribution < -0.4 is 10.9 Å². The predicted molar refractivity (Wildman–Crippen MR) is 112 cm³/mol. The second-order valence-corrected chi connectivity index (χ2v) is 6.58. The van der Waals surface area contributed by atoms with Crippen LogP contribution in [0.4, 0.5) is 5.69 Å². The van der Waals surface area contributed by atoms with Gasteiger partial charge < -0.3 is 10.3 Å². The van der Waals surface area contributed by atoms with E-state index in [-0.39, 0.29) is 11.5 Å². The minimum atomic E-state index is -0.221. The van der Waals surface area contributed by atoms with E-state index < -0.39 is 0 Å². The Morgan fingerprint density at radius 2 is 1.66 bits per heavy atom. The summed E-state index contributed by atoms with van der Waals surface area (Å²) >= 11 is 0. The highest BCUT2D eigenvalue weighted by Gasteiger charge is 2.13. The molecule has 5 rings (SSSR count). The van der Waals surface area contributed by atoms with Crippen LogP contribution in [0, 0.1) is 0 Å². The maximum Gasteiger partial charge on any atom is 0.272 e. The lowest BCUT2D eigenvalue weighted by Gasteiger charge is -2.08. The van der Waals surface area contributed by atoms with E-state index in [1.165, 1.54) is 0 Å². The molecule has 0 aliphatic heterocycles. The summed E-state index contributed by atoms with van der Waals surface area (Å²) in [5, 5.41) is 11.8. The van der Waals surface area contributed by atoms with Gasteiger partial charge in [-0.15, -0.1) is 0 Å². The number of H-pyrrole nitrogens is 2. The number of carbonyl (C=O) groups excluding carboxylic acids is 1. The van der Waals surface area contributed by atoms with Gasteiger partial charge in [-0.05, 0) is 30.3 Å². The van der Waals surface area contributed by atoms with Crippen molar-refractivity contribution in [2.24, 2.45) is 0 Å². The van der Waals surface area contributed by atoms with Gasteiger partial charge in [0.25, 0.3) is 11.5 Å². The van der Waals surface area contributed by atoms with Crippen molar-refractivity contribution >= 4 is 33.4 Å². The third-order valence-corrected chi connectivity index (χ3v) is 4.81. The molecule has 0 bridgehead atoms. The largest absolute Gasteiger partial charge is 0.345 e. The number of pyridine rings is 1. The standard InChI is InChI=1S/C22H15N5O2/c28-21(18-12-24-20-16(18)6-3-11-23-20)25-14-9-7-13(8-10-14)19-15-4-1-2-5-17(15)22(29)27-26-19/h1-12H,(H,23,24)(H,25,28)(H,27,29). The molecule has 0 aliphatic rings. The van der Waals surface area contributed by atoms with Crippen LogP contribution in [0.5, 0.6) is 0 Å². The van der Waals surface area contributed by atoms with Gasteiger partial charge >= 0.3 is 0 Å². The SMILES string of the molecule is O=C(Nc1ccc(-c2n[nH]c(=O)c3ccccc23)cc1)c1c[nH]c2ncccc12. The van der Waals surface area contributed by atoms with E-state index in [4.69, 9.17) is 0 Å². The number of nitrogens with zero attached hydrogens (tertiary/aromatic N) is 2. The lowest BCUT2D eigenvalue weighted by Crippen LogP contribution is -2.11. The lowest BCUT2D eigenvalue weighted by molar-refractivity contribution is 0.102. The van der Waals surface area contributed by atoms with Crippen molar-refractivity contribution in [2.75, 3.05) is 5.32 Å². The molecular weight excluding hydrogens is 366 g/mol. The fraction of sp³-hybridized carbons (Fsp3) is 0. The first-order valence-electron chi connectivity index (χ1n) is 9.02. The Hall–Kier alpha value is -4.26. The molecule has 3 heterocycles. The monoisotopic (exact) mass is 381 g/mol. The number of rotatable bonds is 3. The Morgan fingerprint density at radius 3 is 2.48 bits per heavy atom. The Kier molecular flexibility index (Phi) is 3.91. The Bertz CT molecular complexity index is 1420. The number of anilines is 1. The summed E-state index contributed by atoms with van der Waals surface area (Å²) in [6.07, 6.45) is 3.32. The van der Waals surface area contributed by atoms with Crippen molar-refractivity contribution in [3.8, 4) is 11.3 Å². The van der Waals surface area contributed by atoms with Crippen LogP contribution in [0.3, 0.4) is 0 Å². The highest BCUT2D eigenvalue weighted by Crippen LogP contribution is 2.25. The summed E-state index contributed by atoms with van der Waals surface area (Å²) in [7, 11) is 0. The average Bonchev–Trinajstić information content (AvgIpc) is 3.19. The molecule has 0 spiro atoms. The first-order chi connectivity index (χ1) is 14.2. The second kappa shape index (κ2) is 6.72. The minimum absolute atomic E-state index is 0.218. The van der Waals surface area contributed by atoms with Crippen molar-refractivity contribution in [1.29, 1.82) is 0 Å². The molecule has 7 nitrogen and oxygen atoms in total. The summed E-state index contributed by atoms with van der Waals surface area (Å²) in [6.45, 7) is 0. The summed E-state index contributed by atoms with van der Waals surface area (Å²) in [4.78, 5) is 31.8. The van der Waals surface area contributed by atoms with Gasteiger partial charge in [0.05, 0.1) is 16.6 Å². The van der Waals surface area contributed by atoms with Gasteiger partial charge in [-0.3, -0.25) is 9.59 Å². The quantitative estimate of drug-likeness (QED) is 0.443. The van der Waals surface area contributed by atoms with Gasteiger partial charge in [-0.2, -0.15) is 5.10 Å². The zero-order valence-electron chi connectivity index (χ0n) is 15.1. The van der Waals surface area contributed by atoms with Crippen LogP contribution in [-0.2, 0) is 0 Å². The number of nitrogens with one attached hydrogen (secondary N) is 3. The highest BCUT2D eigenvalue weighted by molar-refractivity contribution is 6.12. The molecule has 0 saturated heterocycles. The molecule has 5 aromatic rings. The van der Waals surface area contributed by atoms with E-state index in [0.29, 0.717) is 28.0 Å². The molecule has 7 heteroatoms. The topological polar surface area (TPSA) is 104 Å². The van der Waals surface area contributed by atoms with E-state index >= 15 is 0 Å². The van der Waals surface area contributed by atoms with E-state index in [0.717, 1.165) is 16.3 Å². The smallest absolute Gasteiger partial charge is 0.272 e. The maximum absolute atomic E-state index is 12.6. The van der Waals surface area contributed by atoms with Crippen molar-refractivity contribution in [3.05, 3.63) is 89.0 Å². The van der Waals surface area contributed by atoms with Crippen molar-refractivity contribution < 1.29 is 4.79 Å². The lowest BCUT2D eigenvalue weighted by atomic mass is 10.0. The van der Waals surface area contributed by atoms with Crippen LogP contribution in [0.1, 0.15) is 10.4 Å². The average molecular weight is 381 g/mol. The number of hydrogen-bond donors (Lipinski definition) is 3. The molecule has 0 fully saturated rings. The third-order valence-electron chi connectivity index (χ3n) is 4.81. The minimum Gasteiger partial charge on any atom is -0.345 e. The van der Waals surface area contributed by atoms with E-state index in [1.807, 2.05) is 48.5 Å². The second-order valence-electron chi connectivity index (χ2n) is 6.58. The molecule has 140 valence electrons. The first-order valence-corrected chi connectivity index (χ1v) is 9.02. The van der Waals surface area contributed by atoms with Crippen LogP contribution in [0.2, 0.25) is 0 Å². The van der Waals surface area contributed by atoms with Crippen molar-refractivity contribution in [2.45, 2.75) is 0 Å². The van der Waals surface area contributed by atoms with Crippen LogP contribution in [-0.4, -0.2) is 26.1 Å². The van der Waals surface area contributed by atoms with Gasteiger partial charge in [0.2, 0.25) is 0 Å². The van der Waals surface area contributed by atoms with E-state index in [1.54, 1.807) is 24.5 Å². The zero-order valence-corrected chi connectivity index (χ0v) is 15.1. The van der Waals surface area contributed by atoms with E-state index in [9.17, 15) is 9.59 Å². The number of benzene rings is 2. The Balaban J connectivity index is 1.45. The molecule has 0 atom stereocenters. The maximum atomic E-state index is 12.6. The molecule has 0 unspecified atom stereocenters. The third kappa shape index (κ3) is 2.94. The van der Waals surface area contributed by atoms with Crippen LogP contribution >= 0.6 is 0 Å². The number of fused-ring (bicyclic) bond motifs is 2. The molecule has 3 aromatic heterocycles. The number of carbonyl (C=O) groups is 1. The van der Waals surface area contributed by atoms with Gasteiger partial charge in [-0.1, -0.05) is 30.3 Å². The zero-order chi connectivity index (χ0) is 19.8. The van der Waals surface area contributed by atoms with Crippen molar-refractivity contribution in [3.63, 3.8) is 0 Å². The molecule has 2 aromatic carbocycles. The number of aromatic nitrogens is 4. The van der Waals surface area contributed by atoms with Gasteiger partial charge in [-0.25, -0.2) is 10.1 Å². The number of aromatic amines is 2. The normalized spacial score (nSPS) is 11.0. The molecule has 0 radical (unpaired) electrons. The fourth-order valence-corrected chi connectivity index (χ4v) is 3.39. The van der Waals surface area contributed by atoms with Crippen LogP contribution in [0.15, 0.2) is 77.9 Å². The predicted octanol–water partition coefficient (Wildman–Crippen LogP) is 3.72. The summed E-state index contributed by atoms with van der Waals surface area (Å²) < 4.78 is 0. The molecule has 3 N–H and O–H groups in total. The summed E-state index contributed by atoms with van der Waals surface area (Å²) in [5.41, 5.74) is 3.16. The fourth-order valence-electron chi connectivity index (χ4n) is 3.39. The van der Waals surface area contributed by atoms with Gasteiger partial charge in [0, 0.05) is 34.4 Å². The highest BCUT2D eigenvalue weighted by atomic mass is 16.1. The number of amides is 1. The van der Waals surface area contributed by atoms with Gasteiger partial charge in [0.1, 0.15) is 5.65 Å². The summed E-state index contributed by atoms with van der Waals surface area (Å²) in [6, 6.07) is 18.3. The van der Waals surface area contributed by atoms with Gasteiger partial charge in [0.15, 0.2) is 0 Å². The Morgan fingerprint density at radius 1 is 0.897 bits per heavy atom. The van der Waals surface area contributed by atoms with Crippen LogP contribution in [0.25, 0.3) is 33.1 Å². The Labute approximate surface area is 164 Å². The van der Waals surface area contributed by atoms with E-state index in [2.05, 4.69) is 25.5 Å². The number of hydrogen-bond acceptors (Lipinski definition) is 4. The molecule has 1 amide bonds. The summed E-state index contributed by atoms with van der Waals surface area (Å²) in [5.74, 6) is -0.218. The van der Waals surface area contributed by atoms with Crippen molar-refractivity contribution in [1.82, 2.24) is 20.2 Å². The molecular formula is C22H15N5O2. The molecule has 29 heavy (non-hydrogen) atoms. The molecule has 0 saturated carbocycles. The molecule has 0 aliphatic carbocycles. The first kappa shape index (κ1) is 16.9.